The summed E-state index contributed by atoms with van der Waals surface area (Å²) in [6.45, 7) is 2.56. The van der Waals surface area contributed by atoms with Crippen molar-refractivity contribution >= 4 is 27.3 Å². The van der Waals surface area contributed by atoms with Crippen molar-refractivity contribution in [1.29, 1.82) is 0 Å². The minimum absolute atomic E-state index is 0.0342. The number of carbonyl (C=O) groups is 1. The summed E-state index contributed by atoms with van der Waals surface area (Å²) in [5, 5.41) is 7.88. The van der Waals surface area contributed by atoms with Crippen molar-refractivity contribution in [3.8, 4) is 0 Å². The largest absolute Gasteiger partial charge is 0.399 e. The van der Waals surface area contributed by atoms with Crippen molar-refractivity contribution in [2.45, 2.75) is 18.2 Å². The van der Waals surface area contributed by atoms with E-state index < -0.39 is 10.0 Å². The molecule has 1 amide bonds. The van der Waals surface area contributed by atoms with Gasteiger partial charge in [0.2, 0.25) is 15.9 Å². The lowest BCUT2D eigenvalue weighted by Gasteiger charge is -2.21. The van der Waals surface area contributed by atoms with Crippen LogP contribution in [0.3, 0.4) is 0 Å². The van der Waals surface area contributed by atoms with Crippen LogP contribution in [-0.4, -0.2) is 34.5 Å². The maximum atomic E-state index is 11.7. The van der Waals surface area contributed by atoms with Crippen LogP contribution in [-0.2, 0) is 14.8 Å². The summed E-state index contributed by atoms with van der Waals surface area (Å²) < 4.78 is 23.1. The first-order chi connectivity index (χ1) is 9.25. The zero-order valence-electron chi connectivity index (χ0n) is 11.6. The van der Waals surface area contributed by atoms with E-state index in [2.05, 4.69) is 5.32 Å². The first-order valence-corrected chi connectivity index (χ1v) is 7.70. The summed E-state index contributed by atoms with van der Waals surface area (Å²) in [4.78, 5) is 13.1. The van der Waals surface area contributed by atoms with E-state index >= 15 is 0 Å². The van der Waals surface area contributed by atoms with Gasteiger partial charge < -0.3 is 16.0 Å². The van der Waals surface area contributed by atoms with Gasteiger partial charge in [-0.3, -0.25) is 4.79 Å². The molecule has 8 heteroatoms. The molecule has 0 aliphatic rings. The number of primary sulfonamides is 1. The highest BCUT2D eigenvalue weighted by molar-refractivity contribution is 7.89. The van der Waals surface area contributed by atoms with Crippen LogP contribution in [0, 0.1) is 0 Å². The molecule has 0 spiro atoms. The SMILES string of the molecule is CCCNC(=O)CN(C)c1ccc(N)cc1S(N)(=O)=O. The second-order valence-corrected chi connectivity index (χ2v) is 6.01. The van der Waals surface area contributed by atoms with Gasteiger partial charge >= 0.3 is 0 Å². The highest BCUT2D eigenvalue weighted by Crippen LogP contribution is 2.25. The average Bonchev–Trinajstić information content (AvgIpc) is 2.35. The highest BCUT2D eigenvalue weighted by atomic mass is 32.2. The molecule has 0 fully saturated rings. The van der Waals surface area contributed by atoms with Gasteiger partial charge in [-0.15, -0.1) is 0 Å². The Morgan fingerprint density at radius 3 is 2.60 bits per heavy atom. The smallest absolute Gasteiger partial charge is 0.240 e. The lowest BCUT2D eigenvalue weighted by Crippen LogP contribution is -2.36. The predicted molar refractivity (Wildman–Crippen MR) is 78.8 cm³/mol. The van der Waals surface area contributed by atoms with Crippen molar-refractivity contribution in [1.82, 2.24) is 5.32 Å². The fourth-order valence-corrected chi connectivity index (χ4v) is 2.51. The molecule has 0 aliphatic carbocycles. The molecule has 0 saturated heterocycles. The van der Waals surface area contributed by atoms with E-state index in [1.807, 2.05) is 6.92 Å². The van der Waals surface area contributed by atoms with Crippen LogP contribution in [0.1, 0.15) is 13.3 Å². The van der Waals surface area contributed by atoms with E-state index in [0.29, 0.717) is 17.9 Å². The van der Waals surface area contributed by atoms with E-state index in [1.165, 1.54) is 17.0 Å². The minimum atomic E-state index is -3.91. The Bertz CT molecular complexity index is 586. The third kappa shape index (κ3) is 4.39. The first-order valence-electron chi connectivity index (χ1n) is 6.16. The fraction of sp³-hybridized carbons (Fsp3) is 0.417. The molecule has 7 nitrogen and oxygen atoms in total. The Balaban J connectivity index is 2.99. The van der Waals surface area contributed by atoms with Crippen molar-refractivity contribution in [2.75, 3.05) is 30.8 Å². The number of sulfonamides is 1. The average molecular weight is 300 g/mol. The van der Waals surface area contributed by atoms with Crippen LogP contribution in [0.25, 0.3) is 0 Å². The van der Waals surface area contributed by atoms with Gasteiger partial charge in [-0.05, 0) is 24.6 Å². The predicted octanol–water partition coefficient (Wildman–Crippen LogP) is -0.121. The molecular weight excluding hydrogens is 280 g/mol. The van der Waals surface area contributed by atoms with Gasteiger partial charge in [-0.25, -0.2) is 13.6 Å². The molecule has 5 N–H and O–H groups in total. The van der Waals surface area contributed by atoms with Crippen molar-refractivity contribution in [3.05, 3.63) is 18.2 Å². The number of nitrogen functional groups attached to an aromatic ring is 1. The molecular formula is C12H20N4O3S. The molecule has 0 saturated carbocycles. The fourth-order valence-electron chi connectivity index (χ4n) is 1.69. The number of hydrogen-bond donors (Lipinski definition) is 3. The van der Waals surface area contributed by atoms with E-state index in [4.69, 9.17) is 10.9 Å². The molecule has 0 unspecified atom stereocenters. The van der Waals surface area contributed by atoms with Gasteiger partial charge in [0.25, 0.3) is 0 Å². The molecule has 1 aromatic carbocycles. The van der Waals surface area contributed by atoms with Crippen molar-refractivity contribution < 1.29 is 13.2 Å². The summed E-state index contributed by atoms with van der Waals surface area (Å²) in [7, 11) is -2.29. The van der Waals surface area contributed by atoms with Crippen molar-refractivity contribution in [2.24, 2.45) is 5.14 Å². The number of likely N-dealkylation sites (N-methyl/N-ethyl adjacent to an activating group) is 1. The van der Waals surface area contributed by atoms with E-state index in [-0.39, 0.29) is 17.3 Å². The zero-order chi connectivity index (χ0) is 15.3. The van der Waals surface area contributed by atoms with Crippen LogP contribution in [0.5, 0.6) is 0 Å². The lowest BCUT2D eigenvalue weighted by atomic mass is 10.2. The van der Waals surface area contributed by atoms with Gasteiger partial charge in [0.1, 0.15) is 4.90 Å². The Morgan fingerprint density at radius 1 is 1.40 bits per heavy atom. The number of benzene rings is 1. The van der Waals surface area contributed by atoms with Crippen LogP contribution >= 0.6 is 0 Å². The lowest BCUT2D eigenvalue weighted by molar-refractivity contribution is -0.119. The Hall–Kier alpha value is -1.80. The summed E-state index contributed by atoms with van der Waals surface area (Å²) in [5.74, 6) is -0.188. The number of nitrogens with one attached hydrogen (secondary N) is 1. The molecule has 1 aromatic rings. The number of carbonyl (C=O) groups excluding carboxylic acids is 1. The molecule has 0 heterocycles. The summed E-state index contributed by atoms with van der Waals surface area (Å²) in [6, 6.07) is 4.37. The van der Waals surface area contributed by atoms with E-state index in [0.717, 1.165) is 6.42 Å². The van der Waals surface area contributed by atoms with Crippen molar-refractivity contribution in [3.63, 3.8) is 0 Å². The second-order valence-electron chi connectivity index (χ2n) is 4.48. The number of nitrogens with zero attached hydrogens (tertiary/aromatic N) is 1. The first kappa shape index (κ1) is 16.3. The monoisotopic (exact) mass is 300 g/mol. The molecule has 1 rings (SSSR count). The molecule has 0 aliphatic heterocycles. The molecule has 0 aromatic heterocycles. The maximum Gasteiger partial charge on any atom is 0.240 e. The quantitative estimate of drug-likeness (QED) is 0.633. The van der Waals surface area contributed by atoms with Gasteiger partial charge in [0, 0.05) is 19.3 Å². The third-order valence-corrected chi connectivity index (χ3v) is 3.59. The standard InChI is InChI=1S/C12H20N4O3S/c1-3-6-15-12(17)8-16(2)10-5-4-9(13)7-11(10)20(14,18)19/h4-5,7H,3,6,8,13H2,1-2H3,(H,15,17)(H2,14,18,19). The van der Waals surface area contributed by atoms with Gasteiger partial charge in [-0.1, -0.05) is 6.92 Å². The minimum Gasteiger partial charge on any atom is -0.399 e. The molecule has 0 bridgehead atoms. The van der Waals surface area contributed by atoms with Gasteiger partial charge in [-0.2, -0.15) is 0 Å². The number of anilines is 2. The van der Waals surface area contributed by atoms with E-state index in [9.17, 15) is 13.2 Å². The second kappa shape index (κ2) is 6.58. The number of rotatable bonds is 6. The van der Waals surface area contributed by atoms with E-state index in [1.54, 1.807) is 13.1 Å². The topological polar surface area (TPSA) is 119 Å². The Kier molecular flexibility index (Phi) is 5.34. The number of nitrogens with two attached hydrogens (primary N) is 2. The Labute approximate surface area is 119 Å². The molecule has 0 radical (unpaired) electrons. The van der Waals surface area contributed by atoms with Crippen LogP contribution in [0.4, 0.5) is 11.4 Å². The van der Waals surface area contributed by atoms with Crippen LogP contribution < -0.4 is 21.1 Å². The third-order valence-electron chi connectivity index (χ3n) is 2.65. The zero-order valence-corrected chi connectivity index (χ0v) is 12.4. The Morgan fingerprint density at radius 2 is 2.05 bits per heavy atom. The molecule has 0 atom stereocenters. The maximum absolute atomic E-state index is 11.7. The van der Waals surface area contributed by atoms with Gasteiger partial charge in [0.15, 0.2) is 0 Å². The normalized spacial score (nSPS) is 11.2. The van der Waals surface area contributed by atoms with Gasteiger partial charge in [0.05, 0.1) is 12.2 Å². The summed E-state index contributed by atoms with van der Waals surface area (Å²) in [6.07, 6.45) is 0.833. The molecule has 20 heavy (non-hydrogen) atoms. The summed E-state index contributed by atoms with van der Waals surface area (Å²) in [5.41, 5.74) is 6.21. The number of amides is 1. The van der Waals surface area contributed by atoms with Crippen LogP contribution in [0.2, 0.25) is 0 Å². The highest BCUT2D eigenvalue weighted by Gasteiger charge is 2.18. The number of hydrogen-bond acceptors (Lipinski definition) is 5. The van der Waals surface area contributed by atoms with Crippen LogP contribution in [0.15, 0.2) is 23.1 Å². The molecule has 112 valence electrons. The summed E-state index contributed by atoms with van der Waals surface area (Å²) >= 11 is 0.